The molecule has 1 nitrogen and oxygen atoms in total. The first-order valence-corrected chi connectivity index (χ1v) is 22.4. The second-order valence-corrected chi connectivity index (χ2v) is 19.6. The predicted molar refractivity (Wildman–Crippen MR) is 264 cm³/mol. The quantitative estimate of drug-likeness (QED) is 0.169. The molecule has 0 bridgehead atoms. The van der Waals surface area contributed by atoms with E-state index in [1.165, 1.54) is 117 Å². The second-order valence-electron chi connectivity index (χ2n) is 19.6. The molecule has 1 heteroatoms. The van der Waals surface area contributed by atoms with Gasteiger partial charge in [0.05, 0.1) is 5.69 Å². The molecule has 0 aliphatic heterocycles. The minimum atomic E-state index is -0.175. The van der Waals surface area contributed by atoms with Crippen LogP contribution >= 0.6 is 0 Å². The van der Waals surface area contributed by atoms with E-state index >= 15 is 0 Å². The van der Waals surface area contributed by atoms with Crippen LogP contribution < -0.4 is 0 Å². The van der Waals surface area contributed by atoms with Gasteiger partial charge in [0.15, 0.2) is 0 Å². The lowest BCUT2D eigenvalue weighted by molar-refractivity contribution is 0.659. The molecule has 0 saturated carbocycles. The van der Waals surface area contributed by atoms with Crippen LogP contribution in [-0.4, -0.2) is 4.98 Å². The Morgan fingerprint density at radius 1 is 0.254 bits per heavy atom. The Kier molecular flexibility index (Phi) is 8.04. The summed E-state index contributed by atoms with van der Waals surface area (Å²) in [6.07, 6.45) is 1.88. The van der Waals surface area contributed by atoms with E-state index < -0.39 is 0 Å². The van der Waals surface area contributed by atoms with Gasteiger partial charge in [-0.1, -0.05) is 163 Å². The Balaban J connectivity index is 0.907. The van der Waals surface area contributed by atoms with Crippen molar-refractivity contribution in [2.45, 2.75) is 57.8 Å². The number of pyridine rings is 1. The van der Waals surface area contributed by atoms with Crippen molar-refractivity contribution in [1.82, 2.24) is 4.98 Å². The fourth-order valence-corrected chi connectivity index (χ4v) is 11.3. The van der Waals surface area contributed by atoms with Crippen LogP contribution in [0.3, 0.4) is 0 Å². The lowest BCUT2D eigenvalue weighted by Crippen LogP contribution is -2.15. The zero-order valence-electron chi connectivity index (χ0n) is 36.8. The molecule has 0 unspecified atom stereocenters. The number of nitrogens with zero attached hydrogens (tertiary/aromatic N) is 1. The number of benzene rings is 8. The molecule has 1 heterocycles. The Labute approximate surface area is 371 Å². The van der Waals surface area contributed by atoms with Crippen LogP contribution in [0.15, 0.2) is 188 Å². The average molecular weight is 808 g/mol. The average Bonchev–Trinajstić information content (AvgIpc) is 3.80. The summed E-state index contributed by atoms with van der Waals surface area (Å²) in [7, 11) is 0. The first-order chi connectivity index (χ1) is 30.5. The molecule has 1 aromatic heterocycles. The molecular weight excluding hydrogens is 759 g/mol. The fourth-order valence-electron chi connectivity index (χ4n) is 11.3. The van der Waals surface area contributed by atoms with Crippen LogP contribution in [0.25, 0.3) is 89.1 Å². The lowest BCUT2D eigenvalue weighted by atomic mass is 9.79. The van der Waals surface area contributed by atoms with Gasteiger partial charge in [-0.15, -0.1) is 0 Å². The Morgan fingerprint density at radius 3 is 1.06 bits per heavy atom. The van der Waals surface area contributed by atoms with E-state index in [-0.39, 0.29) is 16.2 Å². The molecule has 0 fully saturated rings. The summed E-state index contributed by atoms with van der Waals surface area (Å²) in [5.74, 6) is 0. The maximum atomic E-state index is 4.65. The molecule has 12 rings (SSSR count). The molecule has 0 saturated heterocycles. The minimum absolute atomic E-state index is 0.0590. The van der Waals surface area contributed by atoms with Crippen molar-refractivity contribution < 1.29 is 0 Å². The highest BCUT2D eigenvalue weighted by Gasteiger charge is 2.39. The zero-order chi connectivity index (χ0) is 42.8. The van der Waals surface area contributed by atoms with Crippen molar-refractivity contribution in [3.63, 3.8) is 0 Å². The highest BCUT2D eigenvalue weighted by molar-refractivity contribution is 5.91. The highest BCUT2D eigenvalue weighted by Crippen LogP contribution is 2.54. The summed E-state index contributed by atoms with van der Waals surface area (Å²) in [6, 6.07) is 68.5. The van der Waals surface area contributed by atoms with Gasteiger partial charge in [-0.05, 0) is 172 Å². The summed E-state index contributed by atoms with van der Waals surface area (Å²) in [6.45, 7) is 14.3. The third-order valence-corrected chi connectivity index (χ3v) is 14.9. The molecule has 0 atom stereocenters. The molecule has 0 amide bonds. The first-order valence-electron chi connectivity index (χ1n) is 22.4. The van der Waals surface area contributed by atoms with E-state index in [9.17, 15) is 0 Å². The lowest BCUT2D eigenvalue weighted by Gasteiger charge is -2.24. The largest absolute Gasteiger partial charge is 0.256 e. The van der Waals surface area contributed by atoms with E-state index in [0.717, 1.165) is 5.69 Å². The van der Waals surface area contributed by atoms with Crippen LogP contribution in [0.5, 0.6) is 0 Å². The van der Waals surface area contributed by atoms with Crippen molar-refractivity contribution in [3.05, 3.63) is 222 Å². The van der Waals surface area contributed by atoms with Gasteiger partial charge in [0.25, 0.3) is 0 Å². The minimum Gasteiger partial charge on any atom is -0.256 e. The van der Waals surface area contributed by atoms with Crippen LogP contribution in [-0.2, 0) is 16.2 Å². The highest BCUT2D eigenvalue weighted by atomic mass is 14.7. The first kappa shape index (κ1) is 37.7. The molecule has 8 aromatic carbocycles. The number of hydrogen-bond donors (Lipinski definition) is 0. The standard InChI is InChI=1S/C62H49N/c1-60(2)53-17-11-10-16-47(53)48-26-21-41(35-54(48)60)45-30-44(38-14-8-7-9-15-38)31-46(32-45)42-22-27-51-49-24-19-39(33-55(49)61(3,4)57(51)36-42)40-20-25-50-52-28-23-43(59-18-12-13-29-63-59)37-58(52)62(5,6)56(50)34-40/h7-37H,1-6H3. The zero-order valence-corrected chi connectivity index (χ0v) is 36.8. The number of rotatable bonds is 5. The summed E-state index contributed by atoms with van der Waals surface area (Å²) in [4.78, 5) is 4.65. The molecule has 3 aliphatic rings. The smallest absolute Gasteiger partial charge is 0.0702 e. The normalized spacial score (nSPS) is 15.2. The fraction of sp³-hybridized carbons (Fsp3) is 0.145. The Morgan fingerprint density at radius 2 is 0.603 bits per heavy atom. The van der Waals surface area contributed by atoms with E-state index in [1.807, 2.05) is 12.3 Å². The molecule has 302 valence electrons. The van der Waals surface area contributed by atoms with Gasteiger partial charge >= 0.3 is 0 Å². The molecule has 0 radical (unpaired) electrons. The third kappa shape index (κ3) is 5.65. The van der Waals surface area contributed by atoms with Gasteiger partial charge < -0.3 is 0 Å². The number of aromatic nitrogens is 1. The van der Waals surface area contributed by atoms with Crippen molar-refractivity contribution >= 4 is 0 Å². The summed E-state index contributed by atoms with van der Waals surface area (Å²) < 4.78 is 0. The second kappa shape index (κ2) is 13.5. The van der Waals surface area contributed by atoms with Crippen LogP contribution in [0.1, 0.15) is 74.9 Å². The van der Waals surface area contributed by atoms with Crippen molar-refractivity contribution in [3.8, 4) is 89.1 Å². The Hall–Kier alpha value is -7.09. The molecule has 0 N–H and O–H groups in total. The summed E-state index contributed by atoms with van der Waals surface area (Å²) >= 11 is 0. The van der Waals surface area contributed by atoms with Gasteiger partial charge in [-0.25, -0.2) is 0 Å². The van der Waals surface area contributed by atoms with Gasteiger partial charge in [-0.3, -0.25) is 4.98 Å². The summed E-state index contributed by atoms with van der Waals surface area (Å²) in [5.41, 5.74) is 28.1. The van der Waals surface area contributed by atoms with Crippen molar-refractivity contribution in [2.75, 3.05) is 0 Å². The van der Waals surface area contributed by atoms with Crippen LogP contribution in [0, 0.1) is 0 Å². The van der Waals surface area contributed by atoms with E-state index in [0.29, 0.717) is 0 Å². The maximum absolute atomic E-state index is 4.65. The van der Waals surface area contributed by atoms with Gasteiger partial charge in [-0.2, -0.15) is 0 Å². The van der Waals surface area contributed by atoms with Gasteiger partial charge in [0.1, 0.15) is 0 Å². The van der Waals surface area contributed by atoms with Gasteiger partial charge in [0.2, 0.25) is 0 Å². The number of hydrogen-bond acceptors (Lipinski definition) is 1. The van der Waals surface area contributed by atoms with Crippen molar-refractivity contribution in [2.24, 2.45) is 0 Å². The van der Waals surface area contributed by atoms with E-state index in [1.54, 1.807) is 0 Å². The number of fused-ring (bicyclic) bond motifs is 9. The van der Waals surface area contributed by atoms with Gasteiger partial charge in [0, 0.05) is 28.0 Å². The SMILES string of the molecule is CC1(C)c2ccccc2-c2ccc(-c3cc(-c4ccccc4)cc(-c4ccc5c(c4)C(C)(C)c4cc(-c6ccc7c(c6)C(C)(C)c6cc(-c8ccccn8)ccc6-7)ccc4-5)c3)cc21. The molecule has 0 spiro atoms. The predicted octanol–water partition coefficient (Wildman–Crippen LogP) is 16.3. The third-order valence-electron chi connectivity index (χ3n) is 14.9. The monoisotopic (exact) mass is 807 g/mol. The molecular formula is C62H49N. The van der Waals surface area contributed by atoms with Crippen LogP contribution in [0.4, 0.5) is 0 Å². The van der Waals surface area contributed by atoms with Crippen molar-refractivity contribution in [1.29, 1.82) is 0 Å². The van der Waals surface area contributed by atoms with E-state index in [2.05, 4.69) is 222 Å². The maximum Gasteiger partial charge on any atom is 0.0702 e. The Bertz CT molecular complexity index is 3340. The molecule has 63 heavy (non-hydrogen) atoms. The molecule has 3 aliphatic carbocycles. The topological polar surface area (TPSA) is 12.9 Å². The van der Waals surface area contributed by atoms with Crippen LogP contribution in [0.2, 0.25) is 0 Å². The summed E-state index contributed by atoms with van der Waals surface area (Å²) in [5, 5.41) is 0. The molecule has 9 aromatic rings. The van der Waals surface area contributed by atoms with E-state index in [4.69, 9.17) is 0 Å².